The normalized spacial score (nSPS) is 15.7. The first-order valence-corrected chi connectivity index (χ1v) is 7.78. The quantitative estimate of drug-likeness (QED) is 0.873. The number of hydrogen-bond donors (Lipinski definition) is 0. The van der Waals surface area contributed by atoms with Crippen molar-refractivity contribution in [2.75, 3.05) is 7.05 Å². The van der Waals surface area contributed by atoms with Crippen LogP contribution in [0.15, 0.2) is 24.5 Å². The number of aryl methyl sites for hydroxylation is 1. The molecule has 1 aliphatic carbocycles. The molecular weight excluding hydrogens is 278 g/mol. The van der Waals surface area contributed by atoms with E-state index in [0.29, 0.717) is 6.04 Å². The fourth-order valence-corrected chi connectivity index (χ4v) is 3.16. The Balaban J connectivity index is 1.79. The van der Waals surface area contributed by atoms with Crippen LogP contribution < -0.4 is 0 Å². The lowest BCUT2D eigenvalue weighted by molar-refractivity contribution is 0.0696. The van der Waals surface area contributed by atoms with Gasteiger partial charge in [-0.1, -0.05) is 19.3 Å². The second-order valence-corrected chi connectivity index (χ2v) is 5.96. The number of amides is 1. The standard InChI is InChI=1S/C16H21N5O/c1-12-10-13(8-9-15(12)21-11-17-18-19-21)16(22)20(2)14-6-4-3-5-7-14/h8-11,14H,3-7H2,1-2H3. The van der Waals surface area contributed by atoms with Crippen molar-refractivity contribution in [2.45, 2.75) is 45.1 Å². The van der Waals surface area contributed by atoms with E-state index in [1.165, 1.54) is 19.3 Å². The molecule has 1 aromatic carbocycles. The van der Waals surface area contributed by atoms with Crippen LogP contribution in [-0.2, 0) is 0 Å². The molecule has 0 radical (unpaired) electrons. The van der Waals surface area contributed by atoms with Gasteiger partial charge in [0.25, 0.3) is 5.91 Å². The molecular formula is C16H21N5O. The molecule has 3 rings (SSSR count). The Morgan fingerprint density at radius 2 is 2.05 bits per heavy atom. The average Bonchev–Trinajstić information content (AvgIpc) is 3.08. The number of aromatic nitrogens is 4. The number of rotatable bonds is 3. The first kappa shape index (κ1) is 14.7. The minimum atomic E-state index is 0.0956. The van der Waals surface area contributed by atoms with Gasteiger partial charge in [-0.3, -0.25) is 4.79 Å². The minimum absolute atomic E-state index is 0.0956. The highest BCUT2D eigenvalue weighted by molar-refractivity contribution is 5.94. The smallest absolute Gasteiger partial charge is 0.253 e. The van der Waals surface area contributed by atoms with Gasteiger partial charge in [0, 0.05) is 18.7 Å². The van der Waals surface area contributed by atoms with Crippen molar-refractivity contribution in [3.63, 3.8) is 0 Å². The molecule has 116 valence electrons. The number of benzene rings is 1. The highest BCUT2D eigenvalue weighted by atomic mass is 16.2. The molecule has 1 heterocycles. The topological polar surface area (TPSA) is 63.9 Å². The zero-order chi connectivity index (χ0) is 15.5. The fraction of sp³-hybridized carbons (Fsp3) is 0.500. The van der Waals surface area contributed by atoms with Crippen LogP contribution in [0.2, 0.25) is 0 Å². The predicted octanol–water partition coefficient (Wildman–Crippen LogP) is 2.38. The zero-order valence-electron chi connectivity index (χ0n) is 13.1. The highest BCUT2D eigenvalue weighted by Crippen LogP contribution is 2.23. The summed E-state index contributed by atoms with van der Waals surface area (Å²) in [5.41, 5.74) is 2.60. The summed E-state index contributed by atoms with van der Waals surface area (Å²) in [6, 6.07) is 6.04. The number of nitrogens with zero attached hydrogens (tertiary/aromatic N) is 5. The molecule has 0 N–H and O–H groups in total. The largest absolute Gasteiger partial charge is 0.339 e. The van der Waals surface area contributed by atoms with Crippen molar-refractivity contribution in [1.29, 1.82) is 0 Å². The molecule has 1 fully saturated rings. The molecule has 6 nitrogen and oxygen atoms in total. The van der Waals surface area contributed by atoms with Crippen molar-refractivity contribution >= 4 is 5.91 Å². The molecule has 1 aromatic heterocycles. The van der Waals surface area contributed by atoms with E-state index in [1.54, 1.807) is 11.0 Å². The molecule has 1 aliphatic rings. The second-order valence-electron chi connectivity index (χ2n) is 5.96. The monoisotopic (exact) mass is 299 g/mol. The van der Waals surface area contributed by atoms with Gasteiger partial charge in [0.2, 0.25) is 0 Å². The van der Waals surface area contributed by atoms with Crippen LogP contribution in [0.25, 0.3) is 5.69 Å². The summed E-state index contributed by atoms with van der Waals surface area (Å²) in [6.45, 7) is 1.97. The van der Waals surface area contributed by atoms with E-state index < -0.39 is 0 Å². The predicted molar refractivity (Wildman–Crippen MR) is 82.9 cm³/mol. The maximum atomic E-state index is 12.7. The second kappa shape index (κ2) is 6.25. The van der Waals surface area contributed by atoms with Gasteiger partial charge >= 0.3 is 0 Å². The summed E-state index contributed by atoms with van der Waals surface area (Å²) in [4.78, 5) is 14.6. The third kappa shape index (κ3) is 2.86. The van der Waals surface area contributed by atoms with Crippen molar-refractivity contribution < 1.29 is 4.79 Å². The van der Waals surface area contributed by atoms with Crippen molar-refractivity contribution in [1.82, 2.24) is 25.1 Å². The lowest BCUT2D eigenvalue weighted by Crippen LogP contribution is -2.38. The van der Waals surface area contributed by atoms with Crippen LogP contribution in [0.4, 0.5) is 0 Å². The Hall–Kier alpha value is -2.24. The fourth-order valence-electron chi connectivity index (χ4n) is 3.16. The molecule has 1 amide bonds. The van der Waals surface area contributed by atoms with Crippen molar-refractivity contribution in [3.8, 4) is 5.69 Å². The van der Waals surface area contributed by atoms with Gasteiger partial charge in [0.1, 0.15) is 6.33 Å². The van der Waals surface area contributed by atoms with Gasteiger partial charge in [0.05, 0.1) is 5.69 Å². The van der Waals surface area contributed by atoms with Crippen LogP contribution in [0.5, 0.6) is 0 Å². The summed E-state index contributed by atoms with van der Waals surface area (Å²) >= 11 is 0. The molecule has 0 unspecified atom stereocenters. The summed E-state index contributed by atoms with van der Waals surface area (Å²) in [5.74, 6) is 0.0956. The van der Waals surface area contributed by atoms with Crippen LogP contribution in [0, 0.1) is 6.92 Å². The highest BCUT2D eigenvalue weighted by Gasteiger charge is 2.23. The van der Waals surface area contributed by atoms with Crippen LogP contribution in [0.1, 0.15) is 48.0 Å². The van der Waals surface area contributed by atoms with E-state index in [0.717, 1.165) is 29.7 Å². The number of carbonyl (C=O) groups is 1. The Morgan fingerprint density at radius 1 is 1.27 bits per heavy atom. The first-order chi connectivity index (χ1) is 10.7. The molecule has 22 heavy (non-hydrogen) atoms. The summed E-state index contributed by atoms with van der Waals surface area (Å²) in [5, 5.41) is 11.2. The number of hydrogen-bond acceptors (Lipinski definition) is 4. The van der Waals surface area contributed by atoms with Crippen LogP contribution >= 0.6 is 0 Å². The van der Waals surface area contributed by atoms with Crippen LogP contribution in [0.3, 0.4) is 0 Å². The van der Waals surface area contributed by atoms with E-state index in [4.69, 9.17) is 0 Å². The van der Waals surface area contributed by atoms with E-state index in [2.05, 4.69) is 15.5 Å². The maximum absolute atomic E-state index is 12.7. The van der Waals surface area contributed by atoms with Gasteiger partial charge < -0.3 is 4.90 Å². The van der Waals surface area contributed by atoms with Gasteiger partial charge in [-0.2, -0.15) is 0 Å². The third-order valence-corrected chi connectivity index (χ3v) is 4.48. The maximum Gasteiger partial charge on any atom is 0.253 e. The van der Waals surface area contributed by atoms with E-state index in [-0.39, 0.29) is 5.91 Å². The lowest BCUT2D eigenvalue weighted by atomic mass is 9.94. The first-order valence-electron chi connectivity index (χ1n) is 7.78. The molecule has 2 aromatic rings. The zero-order valence-corrected chi connectivity index (χ0v) is 13.1. The summed E-state index contributed by atoms with van der Waals surface area (Å²) < 4.78 is 1.61. The Labute approximate surface area is 130 Å². The summed E-state index contributed by atoms with van der Waals surface area (Å²) in [7, 11) is 1.92. The molecule has 0 saturated heterocycles. The molecule has 0 atom stereocenters. The van der Waals surface area contributed by atoms with Gasteiger partial charge in [-0.25, -0.2) is 4.68 Å². The van der Waals surface area contributed by atoms with Gasteiger partial charge in [0.15, 0.2) is 0 Å². The van der Waals surface area contributed by atoms with E-state index in [9.17, 15) is 4.79 Å². The number of tetrazole rings is 1. The lowest BCUT2D eigenvalue weighted by Gasteiger charge is -2.31. The van der Waals surface area contributed by atoms with E-state index >= 15 is 0 Å². The molecule has 6 heteroatoms. The van der Waals surface area contributed by atoms with E-state index in [1.807, 2.05) is 37.1 Å². The Bertz CT molecular complexity index is 647. The minimum Gasteiger partial charge on any atom is -0.339 e. The Morgan fingerprint density at radius 3 is 2.68 bits per heavy atom. The Kier molecular flexibility index (Phi) is 4.18. The molecule has 1 saturated carbocycles. The van der Waals surface area contributed by atoms with Crippen LogP contribution in [-0.4, -0.2) is 44.1 Å². The molecule has 0 aliphatic heterocycles. The summed E-state index contributed by atoms with van der Waals surface area (Å²) in [6.07, 6.45) is 7.52. The van der Waals surface area contributed by atoms with Crippen molar-refractivity contribution in [2.24, 2.45) is 0 Å². The average molecular weight is 299 g/mol. The van der Waals surface area contributed by atoms with Gasteiger partial charge in [-0.15, -0.1) is 5.10 Å². The van der Waals surface area contributed by atoms with Gasteiger partial charge in [-0.05, 0) is 54.0 Å². The molecule has 0 spiro atoms. The third-order valence-electron chi connectivity index (χ3n) is 4.48. The van der Waals surface area contributed by atoms with Crippen molar-refractivity contribution in [3.05, 3.63) is 35.7 Å². The molecule has 0 bridgehead atoms. The number of carbonyl (C=O) groups excluding carboxylic acids is 1. The SMILES string of the molecule is Cc1cc(C(=O)N(C)C2CCCCC2)ccc1-n1cnnn1.